The van der Waals surface area contributed by atoms with E-state index in [0.717, 1.165) is 25.9 Å². The van der Waals surface area contributed by atoms with Crippen LogP contribution < -0.4 is 0 Å². The van der Waals surface area contributed by atoms with Gasteiger partial charge in [0.05, 0.1) is 12.5 Å². The van der Waals surface area contributed by atoms with Crippen molar-refractivity contribution in [3.05, 3.63) is 54.1 Å². The Balaban J connectivity index is 1.82. The first-order valence-electron chi connectivity index (χ1n) is 7.02. The second kappa shape index (κ2) is 5.12. The minimum atomic E-state index is 0.0369. The number of rotatable bonds is 2. The second-order valence-electron chi connectivity index (χ2n) is 5.72. The molecule has 1 aromatic carbocycles. The fourth-order valence-electron chi connectivity index (χ4n) is 3.03. The quantitative estimate of drug-likeness (QED) is 0.911. The van der Waals surface area contributed by atoms with E-state index < -0.39 is 0 Å². The number of H-pyrrole nitrogens is 1. The summed E-state index contributed by atoms with van der Waals surface area (Å²) in [6.45, 7) is 3.82. The number of piperidine rings is 1. The summed E-state index contributed by atoms with van der Waals surface area (Å²) in [5.74, 6) is 0.0457. The summed E-state index contributed by atoms with van der Waals surface area (Å²) in [4.78, 5) is 21.2. The molecule has 4 nitrogen and oxygen atoms in total. The summed E-state index contributed by atoms with van der Waals surface area (Å²) in [7, 11) is 0. The van der Waals surface area contributed by atoms with E-state index >= 15 is 0 Å². The van der Waals surface area contributed by atoms with Gasteiger partial charge in [-0.05, 0) is 18.4 Å². The Labute approximate surface area is 118 Å². The summed E-state index contributed by atoms with van der Waals surface area (Å²) >= 11 is 0. The molecule has 1 atom stereocenters. The first-order chi connectivity index (χ1) is 9.69. The molecular formula is C16H19N3O. The minimum absolute atomic E-state index is 0.0369. The monoisotopic (exact) mass is 269 g/mol. The average Bonchev–Trinajstić information content (AvgIpc) is 3.02. The molecule has 0 bridgehead atoms. The van der Waals surface area contributed by atoms with E-state index in [2.05, 4.69) is 41.2 Å². The van der Waals surface area contributed by atoms with E-state index in [0.29, 0.717) is 5.69 Å². The molecular weight excluding hydrogens is 250 g/mol. The maximum absolute atomic E-state index is 12.4. The van der Waals surface area contributed by atoms with Crippen molar-refractivity contribution in [1.82, 2.24) is 14.9 Å². The SMILES string of the molecule is CC1(c2ccccc2)CCCN(C(=O)c2cnc[nH]2)C1. The largest absolute Gasteiger partial charge is 0.341 e. The minimum Gasteiger partial charge on any atom is -0.341 e. The number of aromatic amines is 1. The first-order valence-corrected chi connectivity index (χ1v) is 7.02. The van der Waals surface area contributed by atoms with Gasteiger partial charge < -0.3 is 9.88 Å². The fourth-order valence-corrected chi connectivity index (χ4v) is 3.03. The van der Waals surface area contributed by atoms with Crippen LogP contribution in [0.15, 0.2) is 42.9 Å². The van der Waals surface area contributed by atoms with E-state index in [1.54, 1.807) is 12.5 Å². The van der Waals surface area contributed by atoms with Gasteiger partial charge in [0.15, 0.2) is 0 Å². The molecule has 4 heteroatoms. The van der Waals surface area contributed by atoms with Crippen LogP contribution in [0.1, 0.15) is 35.8 Å². The van der Waals surface area contributed by atoms with Crippen LogP contribution in [0.4, 0.5) is 0 Å². The number of amides is 1. The number of hydrogen-bond donors (Lipinski definition) is 1. The number of carbonyl (C=O) groups is 1. The molecule has 20 heavy (non-hydrogen) atoms. The van der Waals surface area contributed by atoms with Crippen molar-refractivity contribution < 1.29 is 4.79 Å². The zero-order valence-corrected chi connectivity index (χ0v) is 11.7. The van der Waals surface area contributed by atoms with Crippen LogP contribution in [0.5, 0.6) is 0 Å². The van der Waals surface area contributed by atoms with Crippen LogP contribution in [0.3, 0.4) is 0 Å². The Morgan fingerprint density at radius 3 is 2.85 bits per heavy atom. The lowest BCUT2D eigenvalue weighted by Gasteiger charge is -2.40. The molecule has 104 valence electrons. The number of nitrogens with one attached hydrogen (secondary N) is 1. The molecule has 2 heterocycles. The Kier molecular flexibility index (Phi) is 3.30. The van der Waals surface area contributed by atoms with E-state index in [-0.39, 0.29) is 11.3 Å². The normalized spacial score (nSPS) is 22.8. The van der Waals surface area contributed by atoms with Crippen molar-refractivity contribution in [2.45, 2.75) is 25.2 Å². The van der Waals surface area contributed by atoms with Crippen molar-refractivity contribution in [2.75, 3.05) is 13.1 Å². The second-order valence-corrected chi connectivity index (χ2v) is 5.72. The van der Waals surface area contributed by atoms with Crippen LogP contribution >= 0.6 is 0 Å². The van der Waals surface area contributed by atoms with Crippen LogP contribution in [-0.2, 0) is 5.41 Å². The van der Waals surface area contributed by atoms with Gasteiger partial charge in [-0.25, -0.2) is 4.98 Å². The number of hydrogen-bond acceptors (Lipinski definition) is 2. The number of imidazole rings is 1. The van der Waals surface area contributed by atoms with Gasteiger partial charge in [-0.1, -0.05) is 37.3 Å². The summed E-state index contributed by atoms with van der Waals surface area (Å²) in [6.07, 6.45) is 5.29. The smallest absolute Gasteiger partial charge is 0.271 e. The predicted octanol–water partition coefficient (Wildman–Crippen LogP) is 2.60. The molecule has 1 aliphatic rings. The lowest BCUT2D eigenvalue weighted by atomic mass is 9.76. The van der Waals surface area contributed by atoms with Gasteiger partial charge in [0.1, 0.15) is 5.69 Å². The number of aromatic nitrogens is 2. The predicted molar refractivity (Wildman–Crippen MR) is 77.5 cm³/mol. The van der Waals surface area contributed by atoms with Crippen molar-refractivity contribution in [1.29, 1.82) is 0 Å². The summed E-state index contributed by atoms with van der Waals surface area (Å²) in [5.41, 5.74) is 1.92. The van der Waals surface area contributed by atoms with E-state index in [9.17, 15) is 4.79 Å². The fraction of sp³-hybridized carbons (Fsp3) is 0.375. The molecule has 0 saturated carbocycles. The van der Waals surface area contributed by atoms with Crippen molar-refractivity contribution in [2.24, 2.45) is 0 Å². The molecule has 1 aliphatic heterocycles. The third kappa shape index (κ3) is 2.33. The highest BCUT2D eigenvalue weighted by molar-refractivity contribution is 5.92. The molecule has 1 saturated heterocycles. The van der Waals surface area contributed by atoms with Gasteiger partial charge in [0.25, 0.3) is 5.91 Å². The Morgan fingerprint density at radius 2 is 2.15 bits per heavy atom. The van der Waals surface area contributed by atoms with Gasteiger partial charge in [-0.2, -0.15) is 0 Å². The molecule has 0 aliphatic carbocycles. The molecule has 1 aromatic heterocycles. The highest BCUT2D eigenvalue weighted by Crippen LogP contribution is 2.33. The van der Waals surface area contributed by atoms with Crippen molar-refractivity contribution in [3.63, 3.8) is 0 Å². The van der Waals surface area contributed by atoms with Crippen LogP contribution in [0.2, 0.25) is 0 Å². The Morgan fingerprint density at radius 1 is 1.35 bits per heavy atom. The lowest BCUT2D eigenvalue weighted by Crippen LogP contribution is -2.47. The third-order valence-electron chi connectivity index (χ3n) is 4.18. The number of benzene rings is 1. The van der Waals surface area contributed by atoms with E-state index in [1.165, 1.54) is 5.56 Å². The maximum Gasteiger partial charge on any atom is 0.271 e. The van der Waals surface area contributed by atoms with Gasteiger partial charge in [-0.3, -0.25) is 4.79 Å². The zero-order valence-electron chi connectivity index (χ0n) is 11.7. The molecule has 0 radical (unpaired) electrons. The van der Waals surface area contributed by atoms with Gasteiger partial charge in [0.2, 0.25) is 0 Å². The van der Waals surface area contributed by atoms with Gasteiger partial charge in [0, 0.05) is 18.5 Å². The Bertz CT molecular complexity index is 579. The summed E-state index contributed by atoms with van der Waals surface area (Å²) in [5, 5.41) is 0. The Hall–Kier alpha value is -2.10. The molecule has 2 aromatic rings. The molecule has 3 rings (SSSR count). The highest BCUT2D eigenvalue weighted by atomic mass is 16.2. The van der Waals surface area contributed by atoms with Crippen LogP contribution in [0, 0.1) is 0 Å². The van der Waals surface area contributed by atoms with Crippen LogP contribution in [0.25, 0.3) is 0 Å². The van der Waals surface area contributed by atoms with Crippen LogP contribution in [-0.4, -0.2) is 33.9 Å². The van der Waals surface area contributed by atoms with Crippen molar-refractivity contribution in [3.8, 4) is 0 Å². The molecule has 0 spiro atoms. The summed E-state index contributed by atoms with van der Waals surface area (Å²) in [6, 6.07) is 10.5. The lowest BCUT2D eigenvalue weighted by molar-refractivity contribution is 0.0645. The maximum atomic E-state index is 12.4. The molecule has 1 fully saturated rings. The van der Waals surface area contributed by atoms with Gasteiger partial charge in [-0.15, -0.1) is 0 Å². The number of carbonyl (C=O) groups excluding carboxylic acids is 1. The van der Waals surface area contributed by atoms with Gasteiger partial charge >= 0.3 is 0 Å². The third-order valence-corrected chi connectivity index (χ3v) is 4.18. The van der Waals surface area contributed by atoms with E-state index in [4.69, 9.17) is 0 Å². The number of nitrogens with zero attached hydrogens (tertiary/aromatic N) is 2. The average molecular weight is 269 g/mol. The molecule has 1 amide bonds. The topological polar surface area (TPSA) is 49.0 Å². The molecule has 1 unspecified atom stereocenters. The number of likely N-dealkylation sites (tertiary alicyclic amines) is 1. The highest BCUT2D eigenvalue weighted by Gasteiger charge is 2.34. The van der Waals surface area contributed by atoms with E-state index in [1.807, 2.05) is 11.0 Å². The van der Waals surface area contributed by atoms with Crippen molar-refractivity contribution >= 4 is 5.91 Å². The zero-order chi connectivity index (χ0) is 14.0. The first kappa shape index (κ1) is 12.9. The summed E-state index contributed by atoms with van der Waals surface area (Å²) < 4.78 is 0. The standard InChI is InChI=1S/C16H19N3O/c1-16(13-6-3-2-4-7-13)8-5-9-19(11-16)15(20)14-10-17-12-18-14/h2-4,6-7,10,12H,5,8-9,11H2,1H3,(H,17,18). The molecule has 1 N–H and O–H groups in total.